The minimum atomic E-state index is -0.813. The van der Waals surface area contributed by atoms with Gasteiger partial charge in [0.15, 0.2) is 5.78 Å². The van der Waals surface area contributed by atoms with Gasteiger partial charge in [-0.2, -0.15) is 0 Å². The van der Waals surface area contributed by atoms with Crippen LogP contribution < -0.4 is 0 Å². The van der Waals surface area contributed by atoms with E-state index in [0.29, 0.717) is 25.7 Å². The fraction of sp³-hybridized carbons (Fsp3) is 0.588. The first-order valence-corrected chi connectivity index (χ1v) is 7.65. The molecule has 21 heavy (non-hydrogen) atoms. The van der Waals surface area contributed by atoms with Crippen LogP contribution in [0.5, 0.6) is 0 Å². The maximum absolute atomic E-state index is 11.9. The molecule has 1 rings (SSSR count). The van der Waals surface area contributed by atoms with Crippen molar-refractivity contribution in [3.8, 4) is 0 Å². The summed E-state index contributed by atoms with van der Waals surface area (Å²) < 4.78 is 0. The van der Waals surface area contributed by atoms with Gasteiger partial charge in [0.05, 0.1) is 0 Å². The fourth-order valence-electron chi connectivity index (χ4n) is 2.60. The van der Waals surface area contributed by atoms with Gasteiger partial charge in [-0.25, -0.2) is 0 Å². The lowest BCUT2D eigenvalue weighted by molar-refractivity contribution is -0.137. The number of hydrogen-bond donors (Lipinski definition) is 1. The Morgan fingerprint density at radius 2 is 2.05 bits per heavy atom. The molecule has 0 spiro atoms. The summed E-state index contributed by atoms with van der Waals surface area (Å²) in [4.78, 5) is 33.8. The van der Waals surface area contributed by atoms with Crippen LogP contribution in [0.3, 0.4) is 0 Å². The van der Waals surface area contributed by atoms with Gasteiger partial charge in [0, 0.05) is 25.2 Å². The third-order valence-electron chi connectivity index (χ3n) is 3.76. The van der Waals surface area contributed by atoms with Gasteiger partial charge in [0.1, 0.15) is 5.78 Å². The molecule has 1 aliphatic rings. The van der Waals surface area contributed by atoms with Gasteiger partial charge in [-0.15, -0.1) is 0 Å². The van der Waals surface area contributed by atoms with Crippen LogP contribution in [-0.2, 0) is 14.4 Å². The van der Waals surface area contributed by atoms with Gasteiger partial charge in [-0.05, 0) is 37.7 Å². The Labute approximate surface area is 125 Å². The summed E-state index contributed by atoms with van der Waals surface area (Å²) in [6.45, 7) is 1.97. The third kappa shape index (κ3) is 6.52. The quantitative estimate of drug-likeness (QED) is 0.522. The number of ketones is 2. The van der Waals surface area contributed by atoms with E-state index < -0.39 is 5.97 Å². The van der Waals surface area contributed by atoms with Crippen molar-refractivity contribution in [2.24, 2.45) is 11.8 Å². The van der Waals surface area contributed by atoms with Crippen LogP contribution in [0.2, 0.25) is 0 Å². The molecule has 0 amide bonds. The van der Waals surface area contributed by atoms with Gasteiger partial charge < -0.3 is 5.11 Å². The lowest BCUT2D eigenvalue weighted by atomic mass is 9.91. The van der Waals surface area contributed by atoms with Crippen molar-refractivity contribution in [3.63, 3.8) is 0 Å². The van der Waals surface area contributed by atoms with Crippen molar-refractivity contribution in [1.82, 2.24) is 0 Å². The van der Waals surface area contributed by atoms with Crippen LogP contribution in [0, 0.1) is 11.8 Å². The van der Waals surface area contributed by atoms with E-state index in [2.05, 4.69) is 0 Å². The highest BCUT2D eigenvalue weighted by Crippen LogP contribution is 2.32. The SMILES string of the molecule is CCCC(=O)C=CC1CCC(=O)C1CC=CCCC(=O)O. The normalized spacial score (nSPS) is 22.4. The van der Waals surface area contributed by atoms with Gasteiger partial charge >= 0.3 is 5.97 Å². The second kappa shape index (κ2) is 9.27. The fourth-order valence-corrected chi connectivity index (χ4v) is 2.60. The van der Waals surface area contributed by atoms with Crippen LogP contribution in [0.25, 0.3) is 0 Å². The van der Waals surface area contributed by atoms with E-state index in [-0.39, 0.29) is 29.8 Å². The molecule has 0 bridgehead atoms. The largest absolute Gasteiger partial charge is 0.481 e. The Balaban J connectivity index is 2.47. The van der Waals surface area contributed by atoms with Crippen molar-refractivity contribution < 1.29 is 19.5 Å². The maximum Gasteiger partial charge on any atom is 0.303 e. The molecule has 0 heterocycles. The molecule has 0 aromatic rings. The maximum atomic E-state index is 11.9. The monoisotopic (exact) mass is 292 g/mol. The molecular weight excluding hydrogens is 268 g/mol. The molecule has 2 atom stereocenters. The molecule has 2 unspecified atom stereocenters. The van der Waals surface area contributed by atoms with Crippen molar-refractivity contribution >= 4 is 17.5 Å². The summed E-state index contributed by atoms with van der Waals surface area (Å²) in [5, 5.41) is 8.55. The van der Waals surface area contributed by atoms with Gasteiger partial charge in [-0.1, -0.05) is 25.2 Å². The molecular formula is C17H24O4. The number of hydrogen-bond acceptors (Lipinski definition) is 3. The molecule has 4 nitrogen and oxygen atoms in total. The van der Waals surface area contributed by atoms with Crippen molar-refractivity contribution in [2.75, 3.05) is 0 Å². The number of rotatable bonds is 9. The predicted molar refractivity (Wildman–Crippen MR) is 80.9 cm³/mol. The molecule has 1 saturated carbocycles. The number of Topliss-reactive ketones (excluding diaryl/α,β-unsaturated/α-hetero) is 1. The van der Waals surface area contributed by atoms with E-state index in [4.69, 9.17) is 5.11 Å². The van der Waals surface area contributed by atoms with Crippen LogP contribution in [0.4, 0.5) is 0 Å². The zero-order chi connectivity index (χ0) is 15.7. The topological polar surface area (TPSA) is 71.4 Å². The van der Waals surface area contributed by atoms with E-state index in [1.165, 1.54) is 0 Å². The van der Waals surface area contributed by atoms with Gasteiger partial charge in [0.2, 0.25) is 0 Å². The number of carbonyl (C=O) groups is 3. The van der Waals surface area contributed by atoms with Gasteiger partial charge in [-0.3, -0.25) is 14.4 Å². The second-order valence-electron chi connectivity index (χ2n) is 5.49. The smallest absolute Gasteiger partial charge is 0.303 e. The highest BCUT2D eigenvalue weighted by Gasteiger charge is 2.31. The molecule has 116 valence electrons. The summed E-state index contributed by atoms with van der Waals surface area (Å²) in [5.41, 5.74) is 0. The van der Waals surface area contributed by atoms with Crippen LogP contribution in [0.15, 0.2) is 24.3 Å². The first kappa shape index (κ1) is 17.3. The van der Waals surface area contributed by atoms with E-state index in [1.54, 1.807) is 6.08 Å². The Morgan fingerprint density at radius 3 is 2.71 bits per heavy atom. The van der Waals surface area contributed by atoms with Crippen molar-refractivity contribution in [1.29, 1.82) is 0 Å². The van der Waals surface area contributed by atoms with Crippen LogP contribution in [-0.4, -0.2) is 22.6 Å². The standard InChI is InChI=1S/C17H24O4/c1-2-6-14(18)11-9-13-10-12-16(19)15(13)7-4-3-5-8-17(20)21/h3-4,9,11,13,15H,2,5-8,10,12H2,1H3,(H,20,21). The number of aliphatic carboxylic acids is 1. The zero-order valence-corrected chi connectivity index (χ0v) is 12.6. The third-order valence-corrected chi connectivity index (χ3v) is 3.76. The summed E-state index contributed by atoms with van der Waals surface area (Å²) in [7, 11) is 0. The highest BCUT2D eigenvalue weighted by atomic mass is 16.4. The summed E-state index contributed by atoms with van der Waals surface area (Å²) in [5.74, 6) is -0.367. The number of allylic oxidation sites excluding steroid dienone is 4. The molecule has 0 radical (unpaired) electrons. The lowest BCUT2D eigenvalue weighted by Gasteiger charge is -2.12. The number of carboxylic acids is 1. The Kier molecular flexibility index (Phi) is 7.65. The molecule has 0 aromatic carbocycles. The summed E-state index contributed by atoms with van der Waals surface area (Å²) >= 11 is 0. The van der Waals surface area contributed by atoms with Crippen molar-refractivity contribution in [3.05, 3.63) is 24.3 Å². The molecule has 0 aromatic heterocycles. The molecule has 0 aliphatic heterocycles. The molecule has 4 heteroatoms. The van der Waals surface area contributed by atoms with Crippen molar-refractivity contribution in [2.45, 2.75) is 51.9 Å². The van der Waals surface area contributed by atoms with E-state index in [1.807, 2.05) is 25.2 Å². The minimum Gasteiger partial charge on any atom is -0.481 e. The molecule has 1 fully saturated rings. The highest BCUT2D eigenvalue weighted by molar-refractivity contribution is 5.90. The van der Waals surface area contributed by atoms with Crippen LogP contribution >= 0.6 is 0 Å². The predicted octanol–water partition coefficient (Wildman–Crippen LogP) is 3.32. The first-order chi connectivity index (χ1) is 10.0. The molecule has 0 saturated heterocycles. The summed E-state index contributed by atoms with van der Waals surface area (Å²) in [6.07, 6.45) is 11.2. The van der Waals surface area contributed by atoms with Crippen LogP contribution in [0.1, 0.15) is 51.9 Å². The van der Waals surface area contributed by atoms with E-state index in [0.717, 1.165) is 12.8 Å². The minimum absolute atomic E-state index is 0.0586. The first-order valence-electron chi connectivity index (χ1n) is 7.65. The molecule has 1 aliphatic carbocycles. The zero-order valence-electron chi connectivity index (χ0n) is 12.6. The van der Waals surface area contributed by atoms with E-state index in [9.17, 15) is 14.4 Å². The second-order valence-corrected chi connectivity index (χ2v) is 5.49. The summed E-state index contributed by atoms with van der Waals surface area (Å²) in [6, 6.07) is 0. The number of carbonyl (C=O) groups excluding carboxylic acids is 2. The lowest BCUT2D eigenvalue weighted by Crippen LogP contribution is -2.12. The number of carboxylic acid groups (broad SMARTS) is 1. The Hall–Kier alpha value is -1.71. The Morgan fingerprint density at radius 1 is 1.29 bits per heavy atom. The average Bonchev–Trinajstić information content (AvgIpc) is 2.77. The molecule has 1 N–H and O–H groups in total. The van der Waals surface area contributed by atoms with Gasteiger partial charge in [0.25, 0.3) is 0 Å². The average molecular weight is 292 g/mol. The Bertz CT molecular complexity index is 434. The van der Waals surface area contributed by atoms with E-state index >= 15 is 0 Å².